The molecule has 0 unspecified atom stereocenters. The molecule has 5 nitrogen and oxygen atoms in total. The summed E-state index contributed by atoms with van der Waals surface area (Å²) in [5.74, 6) is -0.319. The van der Waals surface area contributed by atoms with Crippen molar-refractivity contribution in [1.29, 1.82) is 0 Å². The third kappa shape index (κ3) is 3.54. The van der Waals surface area contributed by atoms with E-state index in [4.69, 9.17) is 4.74 Å². The smallest absolute Gasteiger partial charge is 0.344 e. The molecule has 0 atom stereocenters. The Labute approximate surface area is 161 Å². The van der Waals surface area contributed by atoms with Crippen molar-refractivity contribution in [2.24, 2.45) is 0 Å². The maximum Gasteiger partial charge on any atom is 0.344 e. The van der Waals surface area contributed by atoms with Crippen LogP contribution >= 0.6 is 15.9 Å². The first kappa shape index (κ1) is 18.7. The molecule has 1 heterocycles. The number of fused-ring (bicyclic) bond motifs is 1. The maximum absolute atomic E-state index is 12.8. The van der Waals surface area contributed by atoms with Gasteiger partial charge < -0.3 is 4.74 Å². The van der Waals surface area contributed by atoms with Crippen LogP contribution in [-0.4, -0.2) is 25.2 Å². The molecule has 1 aliphatic rings. The monoisotopic (exact) mass is 435 g/mol. The summed E-state index contributed by atoms with van der Waals surface area (Å²) in [7, 11) is -3.64. The zero-order chi connectivity index (χ0) is 18.7. The van der Waals surface area contributed by atoms with E-state index in [0.717, 1.165) is 6.42 Å². The largest absolute Gasteiger partial charge is 0.421 e. The summed E-state index contributed by atoms with van der Waals surface area (Å²) in [5, 5.41) is 0. The van der Waals surface area contributed by atoms with Gasteiger partial charge in [-0.25, -0.2) is 13.2 Å². The van der Waals surface area contributed by atoms with Crippen LogP contribution in [0.5, 0.6) is 0 Å². The number of unbranched alkanes of at least 4 members (excludes halogenated alkanes) is 1. The average molecular weight is 436 g/mol. The van der Waals surface area contributed by atoms with E-state index in [-0.39, 0.29) is 10.7 Å². The molecule has 0 bridgehead atoms. The quantitative estimate of drug-likeness (QED) is 0.652. The highest BCUT2D eigenvalue weighted by atomic mass is 79.9. The Morgan fingerprint density at radius 3 is 2.54 bits per heavy atom. The van der Waals surface area contributed by atoms with E-state index in [9.17, 15) is 13.2 Å². The van der Waals surface area contributed by atoms with Crippen molar-refractivity contribution in [3.05, 3.63) is 70.3 Å². The minimum Gasteiger partial charge on any atom is -0.421 e. The van der Waals surface area contributed by atoms with Crippen LogP contribution in [0.1, 0.15) is 35.7 Å². The van der Waals surface area contributed by atoms with E-state index in [0.29, 0.717) is 28.6 Å². The molecule has 1 aliphatic heterocycles. The van der Waals surface area contributed by atoms with Gasteiger partial charge in [0, 0.05) is 16.6 Å². The fraction of sp³-hybridized carbons (Fsp3) is 0.211. The van der Waals surface area contributed by atoms with Crippen molar-refractivity contribution in [1.82, 2.24) is 4.31 Å². The number of carbonyl (C=O) groups is 1. The van der Waals surface area contributed by atoms with E-state index >= 15 is 0 Å². The lowest BCUT2D eigenvalue weighted by molar-refractivity contribution is 0.0688. The molecule has 7 heteroatoms. The third-order valence-corrected chi connectivity index (χ3v) is 6.54. The Kier molecular flexibility index (Phi) is 5.48. The van der Waals surface area contributed by atoms with Gasteiger partial charge in [0.05, 0.1) is 16.7 Å². The number of rotatable bonds is 5. The van der Waals surface area contributed by atoms with Gasteiger partial charge in [0.2, 0.25) is 0 Å². The van der Waals surface area contributed by atoms with Crippen LogP contribution in [0.15, 0.2) is 64.1 Å². The second-order valence-corrected chi connectivity index (χ2v) is 8.54. The van der Waals surface area contributed by atoms with E-state index in [2.05, 4.69) is 15.9 Å². The van der Waals surface area contributed by atoms with Crippen LogP contribution in [0, 0.1) is 0 Å². The summed E-state index contributed by atoms with van der Waals surface area (Å²) in [6.45, 7) is 2.32. The zero-order valence-corrected chi connectivity index (χ0v) is 16.6. The highest BCUT2D eigenvalue weighted by Gasteiger charge is 2.32. The molecule has 0 amide bonds. The number of hydrogen-bond acceptors (Lipinski definition) is 4. The van der Waals surface area contributed by atoms with Gasteiger partial charge in [0.1, 0.15) is 0 Å². The number of hydrogen-bond donors (Lipinski definition) is 0. The van der Waals surface area contributed by atoms with Crippen molar-refractivity contribution >= 4 is 37.7 Å². The number of halogens is 1. The summed E-state index contributed by atoms with van der Waals surface area (Å²) in [6.07, 6.45) is 2.97. The lowest BCUT2D eigenvalue weighted by Gasteiger charge is -2.27. The van der Waals surface area contributed by atoms with Gasteiger partial charge in [-0.3, -0.25) is 4.31 Å². The zero-order valence-electron chi connectivity index (χ0n) is 14.2. The predicted molar refractivity (Wildman–Crippen MR) is 103 cm³/mol. The molecule has 3 rings (SSSR count). The van der Waals surface area contributed by atoms with Crippen molar-refractivity contribution < 1.29 is 17.9 Å². The molecule has 2 aromatic carbocycles. The van der Waals surface area contributed by atoms with Crippen molar-refractivity contribution in [2.75, 3.05) is 6.54 Å². The highest BCUT2D eigenvalue weighted by Crippen LogP contribution is 2.34. The van der Waals surface area contributed by atoms with Gasteiger partial charge in [-0.05, 0) is 46.6 Å². The molecule has 0 N–H and O–H groups in total. The SMILES string of the molecule is CCCCN1C=C(OC(=O)c2ccccc2Br)c2ccccc2S1(=O)=O. The van der Waals surface area contributed by atoms with Gasteiger partial charge in [0.25, 0.3) is 10.0 Å². The summed E-state index contributed by atoms with van der Waals surface area (Å²) in [5.41, 5.74) is 0.764. The van der Waals surface area contributed by atoms with Crippen molar-refractivity contribution in [3.8, 4) is 0 Å². The Bertz CT molecular complexity index is 969. The number of esters is 1. The molecule has 0 aromatic heterocycles. The highest BCUT2D eigenvalue weighted by molar-refractivity contribution is 9.10. The summed E-state index contributed by atoms with van der Waals surface area (Å²) >= 11 is 3.33. The number of nitrogens with zero attached hydrogens (tertiary/aromatic N) is 1. The minimum atomic E-state index is -3.64. The van der Waals surface area contributed by atoms with E-state index in [1.807, 2.05) is 6.92 Å². The number of benzene rings is 2. The fourth-order valence-electron chi connectivity index (χ4n) is 2.65. The van der Waals surface area contributed by atoms with Gasteiger partial charge in [-0.15, -0.1) is 0 Å². The average Bonchev–Trinajstić information content (AvgIpc) is 2.63. The van der Waals surface area contributed by atoms with Gasteiger partial charge >= 0.3 is 5.97 Å². The number of carbonyl (C=O) groups excluding carboxylic acids is 1. The second-order valence-electron chi connectivity index (χ2n) is 5.83. The van der Waals surface area contributed by atoms with Crippen LogP contribution in [-0.2, 0) is 14.8 Å². The molecule has 0 saturated carbocycles. The molecule has 0 aliphatic carbocycles. The molecular formula is C19H18BrNO4S. The topological polar surface area (TPSA) is 63.7 Å². The van der Waals surface area contributed by atoms with E-state index < -0.39 is 16.0 Å². The lowest BCUT2D eigenvalue weighted by Crippen LogP contribution is -2.31. The normalized spacial score (nSPS) is 15.2. The number of ether oxygens (including phenoxy) is 1. The molecule has 0 fully saturated rings. The molecule has 2 aromatic rings. The van der Waals surface area contributed by atoms with Gasteiger partial charge in [0.15, 0.2) is 5.76 Å². The fourth-order valence-corrected chi connectivity index (χ4v) is 4.65. The Morgan fingerprint density at radius 1 is 1.12 bits per heavy atom. The van der Waals surface area contributed by atoms with Crippen LogP contribution in [0.4, 0.5) is 0 Å². The molecule has 0 saturated heterocycles. The first-order valence-corrected chi connectivity index (χ1v) is 10.5. The van der Waals surface area contributed by atoms with Crippen molar-refractivity contribution in [3.63, 3.8) is 0 Å². The molecule has 0 radical (unpaired) electrons. The summed E-state index contributed by atoms with van der Waals surface area (Å²) in [4.78, 5) is 12.7. The maximum atomic E-state index is 12.8. The van der Waals surface area contributed by atoms with Gasteiger partial charge in [-0.1, -0.05) is 37.6 Å². The lowest BCUT2D eigenvalue weighted by atomic mass is 10.2. The summed E-state index contributed by atoms with van der Waals surface area (Å²) in [6, 6.07) is 13.5. The first-order chi connectivity index (χ1) is 12.4. The minimum absolute atomic E-state index is 0.147. The molecular weight excluding hydrogens is 418 g/mol. The van der Waals surface area contributed by atoms with Crippen molar-refractivity contribution in [2.45, 2.75) is 24.7 Å². The van der Waals surface area contributed by atoms with Gasteiger partial charge in [-0.2, -0.15) is 0 Å². The first-order valence-electron chi connectivity index (χ1n) is 8.25. The molecule has 0 spiro atoms. The van der Waals surface area contributed by atoms with E-state index in [1.54, 1.807) is 42.5 Å². The Balaban J connectivity index is 2.00. The van der Waals surface area contributed by atoms with Crippen LogP contribution < -0.4 is 0 Å². The Hall–Kier alpha value is -2.12. The Morgan fingerprint density at radius 2 is 1.81 bits per heavy atom. The van der Waals surface area contributed by atoms with E-state index in [1.165, 1.54) is 16.6 Å². The summed E-state index contributed by atoms with van der Waals surface area (Å²) < 4.78 is 33.0. The second kappa shape index (κ2) is 7.63. The predicted octanol–water partition coefficient (Wildman–Crippen LogP) is 4.41. The molecule has 26 heavy (non-hydrogen) atoms. The van der Waals surface area contributed by atoms with Crippen LogP contribution in [0.25, 0.3) is 5.76 Å². The van der Waals surface area contributed by atoms with Crippen LogP contribution in [0.3, 0.4) is 0 Å². The number of sulfonamides is 1. The standard InChI is InChI=1S/C19H18BrNO4S/c1-2-3-12-21-13-17(15-9-5-7-11-18(15)26(21,23)24)25-19(22)14-8-4-6-10-16(14)20/h4-11,13H,2-3,12H2,1H3. The third-order valence-electron chi connectivity index (χ3n) is 4.03. The molecule has 136 valence electrons. The van der Waals surface area contributed by atoms with Crippen LogP contribution in [0.2, 0.25) is 0 Å².